The van der Waals surface area contributed by atoms with Crippen LogP contribution >= 0.6 is 28.1 Å². The largest absolute Gasteiger partial charge is 0.482 e. The average molecular weight is 562 g/mol. The molecule has 184 valence electrons. The van der Waals surface area contributed by atoms with E-state index in [1.54, 1.807) is 56.3 Å². The fraction of sp³-hybridized carbons (Fsp3) is 0.250. The van der Waals surface area contributed by atoms with E-state index in [9.17, 15) is 14.4 Å². The third-order valence-electron chi connectivity index (χ3n) is 5.03. The van der Waals surface area contributed by atoms with Crippen LogP contribution in [0.2, 0.25) is 0 Å². The molecule has 2 aromatic carbocycles. The van der Waals surface area contributed by atoms with Gasteiger partial charge in [0.1, 0.15) is 5.75 Å². The Hall–Kier alpha value is -3.44. The highest BCUT2D eigenvalue weighted by Crippen LogP contribution is 2.36. The van der Waals surface area contributed by atoms with Gasteiger partial charge in [0.15, 0.2) is 11.7 Å². The topological polar surface area (TPSA) is 115 Å². The van der Waals surface area contributed by atoms with Gasteiger partial charge >= 0.3 is 11.9 Å². The number of esters is 2. The second-order valence-corrected chi connectivity index (χ2v) is 8.66. The fourth-order valence-electron chi connectivity index (χ4n) is 3.51. The highest BCUT2D eigenvalue weighted by atomic mass is 79.9. The van der Waals surface area contributed by atoms with E-state index in [1.165, 1.54) is 7.11 Å². The number of benzene rings is 2. The molecule has 11 heteroatoms. The van der Waals surface area contributed by atoms with Crippen molar-refractivity contribution in [3.8, 4) is 5.75 Å². The maximum atomic E-state index is 13.5. The maximum absolute atomic E-state index is 13.5. The van der Waals surface area contributed by atoms with E-state index in [-0.39, 0.29) is 18.8 Å². The summed E-state index contributed by atoms with van der Waals surface area (Å²) in [7, 11) is 1.27. The number of anilines is 1. The summed E-state index contributed by atoms with van der Waals surface area (Å²) in [5.74, 6) is -1.19. The van der Waals surface area contributed by atoms with Crippen molar-refractivity contribution in [3.05, 3.63) is 69.3 Å². The van der Waals surface area contributed by atoms with Crippen LogP contribution in [0.4, 0.5) is 5.69 Å². The van der Waals surface area contributed by atoms with Crippen LogP contribution in [0.25, 0.3) is 0 Å². The first-order valence-corrected chi connectivity index (χ1v) is 11.8. The molecule has 1 atom stereocenters. The van der Waals surface area contributed by atoms with Crippen LogP contribution < -0.4 is 20.7 Å². The molecule has 0 spiro atoms. The van der Waals surface area contributed by atoms with Crippen LogP contribution in [0.1, 0.15) is 35.8 Å². The molecule has 2 aromatic rings. The molecule has 1 unspecified atom stereocenters. The summed E-state index contributed by atoms with van der Waals surface area (Å²) in [6.45, 7) is 3.37. The number of halogens is 1. The second-order valence-electron chi connectivity index (χ2n) is 7.34. The summed E-state index contributed by atoms with van der Waals surface area (Å²) in [5, 5.41) is 9.18. The number of thiocarbonyl (C=S) groups is 1. The van der Waals surface area contributed by atoms with Crippen LogP contribution in [-0.4, -0.2) is 43.3 Å². The zero-order chi connectivity index (χ0) is 25.5. The molecule has 0 aliphatic carbocycles. The molecule has 1 aliphatic rings. The van der Waals surface area contributed by atoms with Gasteiger partial charge in [0.25, 0.3) is 5.91 Å². The van der Waals surface area contributed by atoms with Gasteiger partial charge in [0.05, 0.1) is 36.6 Å². The van der Waals surface area contributed by atoms with Crippen molar-refractivity contribution in [2.24, 2.45) is 0 Å². The van der Waals surface area contributed by atoms with Gasteiger partial charge < -0.3 is 30.2 Å². The van der Waals surface area contributed by atoms with Gasteiger partial charge in [-0.25, -0.2) is 9.59 Å². The Bertz CT molecular complexity index is 1200. The van der Waals surface area contributed by atoms with Crippen LogP contribution in [0.5, 0.6) is 5.75 Å². The molecule has 0 fully saturated rings. The van der Waals surface area contributed by atoms with Crippen molar-refractivity contribution in [3.63, 3.8) is 0 Å². The highest BCUT2D eigenvalue weighted by molar-refractivity contribution is 9.10. The molecule has 1 heterocycles. The van der Waals surface area contributed by atoms with Crippen molar-refractivity contribution >= 4 is 56.8 Å². The number of hydrogen-bond donors (Lipinski definition) is 3. The smallest absolute Gasteiger partial charge is 0.344 e. The third-order valence-corrected chi connectivity index (χ3v) is 5.74. The Morgan fingerprint density at radius 2 is 1.91 bits per heavy atom. The predicted octanol–water partition coefficient (Wildman–Crippen LogP) is 3.61. The minimum atomic E-state index is -0.719. The van der Waals surface area contributed by atoms with E-state index >= 15 is 0 Å². The number of allylic oxidation sites excluding steroid dienone is 1. The Labute approximate surface area is 216 Å². The molecular weight excluding hydrogens is 538 g/mol. The van der Waals surface area contributed by atoms with Crippen LogP contribution in [-0.2, 0) is 19.1 Å². The summed E-state index contributed by atoms with van der Waals surface area (Å²) in [6, 6.07) is 11.0. The maximum Gasteiger partial charge on any atom is 0.344 e. The lowest BCUT2D eigenvalue weighted by Crippen LogP contribution is -2.46. The number of ether oxygens (including phenoxy) is 3. The minimum absolute atomic E-state index is 0.214. The molecule has 1 aliphatic heterocycles. The van der Waals surface area contributed by atoms with Gasteiger partial charge in [0, 0.05) is 15.7 Å². The summed E-state index contributed by atoms with van der Waals surface area (Å²) < 4.78 is 16.2. The Morgan fingerprint density at radius 1 is 1.17 bits per heavy atom. The summed E-state index contributed by atoms with van der Waals surface area (Å²) in [4.78, 5) is 37.5. The molecule has 0 radical (unpaired) electrons. The lowest BCUT2D eigenvalue weighted by atomic mass is 9.94. The van der Waals surface area contributed by atoms with Gasteiger partial charge in [-0.2, -0.15) is 0 Å². The van der Waals surface area contributed by atoms with Gasteiger partial charge in [-0.05, 0) is 56.4 Å². The van der Waals surface area contributed by atoms with Gasteiger partial charge in [-0.15, -0.1) is 0 Å². The summed E-state index contributed by atoms with van der Waals surface area (Å²) in [6.07, 6.45) is 0. The van der Waals surface area contributed by atoms with E-state index in [0.717, 1.165) is 4.47 Å². The van der Waals surface area contributed by atoms with Crippen LogP contribution in [0, 0.1) is 0 Å². The minimum Gasteiger partial charge on any atom is -0.482 e. The average Bonchev–Trinajstić information content (AvgIpc) is 2.82. The molecule has 1 amide bonds. The summed E-state index contributed by atoms with van der Waals surface area (Å²) >= 11 is 8.79. The zero-order valence-electron chi connectivity index (χ0n) is 19.3. The van der Waals surface area contributed by atoms with Crippen molar-refractivity contribution in [1.29, 1.82) is 0 Å². The van der Waals surface area contributed by atoms with E-state index < -0.39 is 23.9 Å². The Morgan fingerprint density at radius 3 is 2.63 bits per heavy atom. The molecule has 0 bridgehead atoms. The molecular formula is C24H24BrN3O6S. The van der Waals surface area contributed by atoms with Crippen LogP contribution in [0.3, 0.4) is 0 Å². The molecule has 35 heavy (non-hydrogen) atoms. The van der Waals surface area contributed by atoms with Crippen molar-refractivity contribution in [2.75, 3.05) is 25.6 Å². The van der Waals surface area contributed by atoms with E-state index in [4.69, 9.17) is 26.4 Å². The van der Waals surface area contributed by atoms with Gasteiger partial charge in [-0.1, -0.05) is 28.1 Å². The predicted molar refractivity (Wildman–Crippen MR) is 137 cm³/mol. The quantitative estimate of drug-likeness (QED) is 0.328. The number of hydrogen-bond acceptors (Lipinski definition) is 7. The molecule has 3 rings (SSSR count). The number of para-hydroxylation sites is 1. The number of rotatable bonds is 8. The highest BCUT2D eigenvalue weighted by Gasteiger charge is 2.32. The first-order valence-electron chi connectivity index (χ1n) is 10.6. The fourth-order valence-corrected chi connectivity index (χ4v) is 4.16. The lowest BCUT2D eigenvalue weighted by molar-refractivity contribution is -0.145. The molecule has 9 nitrogen and oxygen atoms in total. The second kappa shape index (κ2) is 11.8. The Kier molecular flexibility index (Phi) is 8.83. The normalized spacial score (nSPS) is 15.0. The van der Waals surface area contributed by atoms with E-state index in [2.05, 4.69) is 31.9 Å². The summed E-state index contributed by atoms with van der Waals surface area (Å²) in [5.41, 5.74) is 1.91. The lowest BCUT2D eigenvalue weighted by Gasteiger charge is -2.31. The number of nitrogens with one attached hydrogen (secondary N) is 3. The van der Waals surface area contributed by atoms with Gasteiger partial charge in [0.2, 0.25) is 0 Å². The van der Waals surface area contributed by atoms with Crippen LogP contribution in [0.15, 0.2) is 58.2 Å². The van der Waals surface area contributed by atoms with E-state index in [1.807, 2.05) is 0 Å². The molecule has 0 saturated heterocycles. The van der Waals surface area contributed by atoms with Crippen molar-refractivity contribution in [2.45, 2.75) is 19.9 Å². The monoisotopic (exact) mass is 561 g/mol. The third kappa shape index (κ3) is 6.37. The van der Waals surface area contributed by atoms with Crippen molar-refractivity contribution in [1.82, 2.24) is 10.6 Å². The molecule has 3 N–H and O–H groups in total. The first kappa shape index (κ1) is 26.2. The van der Waals surface area contributed by atoms with Crippen molar-refractivity contribution < 1.29 is 28.6 Å². The number of amides is 1. The number of methoxy groups -OCH3 is 1. The standard InChI is InChI=1S/C24H24BrN3O6S/c1-4-33-19(29)12-34-18-10-9-14(25)11-16(18)21-20(13(2)26-24(35)28-21)22(30)27-17-8-6-5-7-15(17)23(31)32-3/h5-11,21H,4,12H2,1-3H3,(H,27,30)(H2,26,28,35). The van der Waals surface area contributed by atoms with E-state index in [0.29, 0.717) is 33.4 Å². The molecule has 0 aromatic heterocycles. The number of carbonyl (C=O) groups is 3. The zero-order valence-corrected chi connectivity index (χ0v) is 21.7. The first-order chi connectivity index (χ1) is 16.7. The Balaban J connectivity index is 1.99. The SMILES string of the molecule is CCOC(=O)COc1ccc(Br)cc1C1NC(=S)NC(C)=C1C(=O)Nc1ccccc1C(=O)OC. The molecule has 0 saturated carbocycles. The number of carbonyl (C=O) groups excluding carboxylic acids is 3. The van der Waals surface area contributed by atoms with Gasteiger partial charge in [-0.3, -0.25) is 4.79 Å².